The van der Waals surface area contributed by atoms with Gasteiger partial charge in [-0.3, -0.25) is 9.59 Å². The number of aryl methyl sites for hydroxylation is 2. The molecule has 3 aromatic rings. The second kappa shape index (κ2) is 8.63. The van der Waals surface area contributed by atoms with Gasteiger partial charge in [0.05, 0.1) is 11.7 Å². The first-order chi connectivity index (χ1) is 13.5. The van der Waals surface area contributed by atoms with Crippen molar-refractivity contribution in [3.05, 3.63) is 106 Å². The maximum absolute atomic E-state index is 13.0. The fourth-order valence-corrected chi connectivity index (χ4v) is 2.99. The van der Waals surface area contributed by atoms with Crippen molar-refractivity contribution in [3.63, 3.8) is 0 Å². The van der Waals surface area contributed by atoms with E-state index in [1.54, 1.807) is 42.5 Å². The second-order valence-electron chi connectivity index (χ2n) is 6.81. The van der Waals surface area contributed by atoms with Crippen molar-refractivity contribution in [2.24, 2.45) is 0 Å². The fraction of sp³-hybridized carbons (Fsp3) is 0.167. The highest BCUT2D eigenvalue weighted by Gasteiger charge is 2.19. The summed E-state index contributed by atoms with van der Waals surface area (Å²) in [5.74, 6) is -0.583. The molecule has 0 saturated heterocycles. The average Bonchev–Trinajstić information content (AvgIpc) is 2.73. The molecule has 3 rings (SSSR count). The van der Waals surface area contributed by atoms with Crippen LogP contribution < -0.4 is 5.32 Å². The third kappa shape index (κ3) is 4.35. The minimum atomic E-state index is -0.812. The molecule has 1 unspecified atom stereocenters. The summed E-state index contributed by atoms with van der Waals surface area (Å²) in [5.41, 5.74) is 4.05. The quantitative estimate of drug-likeness (QED) is 0.642. The lowest BCUT2D eigenvalue weighted by atomic mass is 9.95. The van der Waals surface area contributed by atoms with Gasteiger partial charge in [0.2, 0.25) is 0 Å². The number of aliphatic hydroxyl groups excluding tert-OH is 1. The molecule has 0 saturated carbocycles. The van der Waals surface area contributed by atoms with E-state index in [0.29, 0.717) is 16.7 Å². The number of carbonyl (C=O) groups excluding carboxylic acids is 2. The lowest BCUT2D eigenvalue weighted by Gasteiger charge is -2.14. The molecule has 142 valence electrons. The van der Waals surface area contributed by atoms with Gasteiger partial charge in [-0.25, -0.2) is 0 Å². The van der Waals surface area contributed by atoms with Gasteiger partial charge in [0, 0.05) is 17.7 Å². The van der Waals surface area contributed by atoms with Crippen molar-refractivity contribution in [3.8, 4) is 0 Å². The van der Waals surface area contributed by atoms with Crippen LogP contribution in [0.15, 0.2) is 72.8 Å². The minimum absolute atomic E-state index is 0.0645. The highest BCUT2D eigenvalue weighted by atomic mass is 16.3. The first-order valence-electron chi connectivity index (χ1n) is 9.19. The Bertz CT molecular complexity index is 996. The second-order valence-corrected chi connectivity index (χ2v) is 6.81. The van der Waals surface area contributed by atoms with E-state index in [2.05, 4.69) is 5.32 Å². The summed E-state index contributed by atoms with van der Waals surface area (Å²) in [6.07, 6.45) is -0.812. The van der Waals surface area contributed by atoms with Crippen LogP contribution in [-0.2, 0) is 0 Å². The standard InChI is InChI=1S/C24H23NO3/c1-16-12-13-19(14-17(16)2)23(27)20-10-6-7-11-21(20)24(28)25-15-22(26)18-8-4-3-5-9-18/h3-14,22,26H,15H2,1-2H3,(H,25,28). The van der Waals surface area contributed by atoms with Gasteiger partial charge >= 0.3 is 0 Å². The number of ketones is 1. The van der Waals surface area contributed by atoms with E-state index in [1.165, 1.54) is 0 Å². The van der Waals surface area contributed by atoms with Gasteiger partial charge in [-0.05, 0) is 42.7 Å². The maximum Gasteiger partial charge on any atom is 0.252 e. The van der Waals surface area contributed by atoms with Crippen molar-refractivity contribution in [1.82, 2.24) is 5.32 Å². The van der Waals surface area contributed by atoms with E-state index in [-0.39, 0.29) is 18.2 Å². The SMILES string of the molecule is Cc1ccc(C(=O)c2ccccc2C(=O)NCC(O)c2ccccc2)cc1C. The largest absolute Gasteiger partial charge is 0.387 e. The van der Waals surface area contributed by atoms with Gasteiger partial charge in [0.25, 0.3) is 5.91 Å². The number of benzene rings is 3. The van der Waals surface area contributed by atoms with Crippen LogP contribution in [0.2, 0.25) is 0 Å². The Hall–Kier alpha value is -3.24. The van der Waals surface area contributed by atoms with Crippen LogP contribution in [0, 0.1) is 13.8 Å². The van der Waals surface area contributed by atoms with Crippen molar-refractivity contribution in [2.45, 2.75) is 20.0 Å². The highest BCUT2D eigenvalue weighted by molar-refractivity contribution is 6.15. The summed E-state index contributed by atoms with van der Waals surface area (Å²) in [5, 5.41) is 13.0. The van der Waals surface area contributed by atoms with E-state index in [1.807, 2.05) is 44.2 Å². The molecular formula is C24H23NO3. The molecule has 0 fully saturated rings. The van der Waals surface area contributed by atoms with Gasteiger partial charge < -0.3 is 10.4 Å². The smallest absolute Gasteiger partial charge is 0.252 e. The van der Waals surface area contributed by atoms with Gasteiger partial charge in [-0.2, -0.15) is 0 Å². The van der Waals surface area contributed by atoms with E-state index < -0.39 is 6.10 Å². The van der Waals surface area contributed by atoms with Gasteiger partial charge in [-0.15, -0.1) is 0 Å². The van der Waals surface area contributed by atoms with Crippen LogP contribution in [0.5, 0.6) is 0 Å². The third-order valence-electron chi connectivity index (χ3n) is 4.83. The zero-order valence-electron chi connectivity index (χ0n) is 16.0. The van der Waals surface area contributed by atoms with Crippen LogP contribution in [0.1, 0.15) is 49.1 Å². The topological polar surface area (TPSA) is 66.4 Å². The number of aliphatic hydroxyl groups is 1. The number of carbonyl (C=O) groups is 2. The summed E-state index contributed by atoms with van der Waals surface area (Å²) in [7, 11) is 0. The molecular weight excluding hydrogens is 350 g/mol. The predicted molar refractivity (Wildman–Crippen MR) is 110 cm³/mol. The number of rotatable bonds is 6. The van der Waals surface area contributed by atoms with E-state index in [0.717, 1.165) is 16.7 Å². The zero-order valence-corrected chi connectivity index (χ0v) is 16.0. The molecule has 0 aliphatic heterocycles. The van der Waals surface area contributed by atoms with Crippen molar-refractivity contribution in [2.75, 3.05) is 6.54 Å². The van der Waals surface area contributed by atoms with Crippen LogP contribution in [-0.4, -0.2) is 23.3 Å². The molecule has 3 aromatic carbocycles. The molecule has 28 heavy (non-hydrogen) atoms. The lowest BCUT2D eigenvalue weighted by molar-refractivity contribution is 0.0908. The molecule has 4 heteroatoms. The molecule has 2 N–H and O–H groups in total. The maximum atomic E-state index is 13.0. The van der Waals surface area contributed by atoms with E-state index in [9.17, 15) is 14.7 Å². The Kier molecular flexibility index (Phi) is 6.02. The normalized spacial score (nSPS) is 11.7. The Balaban J connectivity index is 1.78. The fourth-order valence-electron chi connectivity index (χ4n) is 2.99. The van der Waals surface area contributed by atoms with Gasteiger partial charge in [0.15, 0.2) is 5.78 Å². The molecule has 0 aliphatic rings. The zero-order chi connectivity index (χ0) is 20.1. The van der Waals surface area contributed by atoms with Crippen LogP contribution in [0.25, 0.3) is 0 Å². The van der Waals surface area contributed by atoms with Crippen molar-refractivity contribution < 1.29 is 14.7 Å². The summed E-state index contributed by atoms with van der Waals surface area (Å²) in [4.78, 5) is 25.6. The van der Waals surface area contributed by atoms with Crippen molar-refractivity contribution in [1.29, 1.82) is 0 Å². The summed E-state index contributed by atoms with van der Waals surface area (Å²) in [6, 6.07) is 21.4. The Morgan fingerprint density at radius 3 is 2.18 bits per heavy atom. The molecule has 0 radical (unpaired) electrons. The number of nitrogens with one attached hydrogen (secondary N) is 1. The molecule has 4 nitrogen and oxygen atoms in total. The molecule has 1 atom stereocenters. The average molecular weight is 373 g/mol. The van der Waals surface area contributed by atoms with Gasteiger partial charge in [-0.1, -0.05) is 60.7 Å². The molecule has 0 bridgehead atoms. The first kappa shape index (κ1) is 19.5. The Morgan fingerprint density at radius 1 is 0.857 bits per heavy atom. The summed E-state index contributed by atoms with van der Waals surface area (Å²) >= 11 is 0. The first-order valence-corrected chi connectivity index (χ1v) is 9.19. The van der Waals surface area contributed by atoms with Crippen LogP contribution in [0.3, 0.4) is 0 Å². The molecule has 1 amide bonds. The van der Waals surface area contributed by atoms with Gasteiger partial charge in [0.1, 0.15) is 0 Å². The van der Waals surface area contributed by atoms with Crippen LogP contribution >= 0.6 is 0 Å². The predicted octanol–water partition coefficient (Wildman–Crippen LogP) is 4.00. The van der Waals surface area contributed by atoms with E-state index >= 15 is 0 Å². The number of amides is 1. The number of hydrogen-bond donors (Lipinski definition) is 2. The monoisotopic (exact) mass is 373 g/mol. The Labute approximate surface area is 164 Å². The van der Waals surface area contributed by atoms with Crippen LogP contribution in [0.4, 0.5) is 0 Å². The highest BCUT2D eigenvalue weighted by Crippen LogP contribution is 2.18. The van der Waals surface area contributed by atoms with Crippen molar-refractivity contribution >= 4 is 11.7 Å². The summed E-state index contributed by atoms with van der Waals surface area (Å²) < 4.78 is 0. The number of hydrogen-bond acceptors (Lipinski definition) is 3. The molecule has 0 aliphatic carbocycles. The Morgan fingerprint density at radius 2 is 1.50 bits per heavy atom. The molecule has 0 spiro atoms. The summed E-state index contributed by atoms with van der Waals surface area (Å²) in [6.45, 7) is 4.01. The third-order valence-corrected chi connectivity index (χ3v) is 4.83. The molecule has 0 aromatic heterocycles. The van der Waals surface area contributed by atoms with E-state index in [4.69, 9.17) is 0 Å². The molecule has 0 heterocycles. The minimum Gasteiger partial charge on any atom is -0.387 e. The lowest BCUT2D eigenvalue weighted by Crippen LogP contribution is -2.29.